The van der Waals surface area contributed by atoms with Crippen LogP contribution in [0.2, 0.25) is 0 Å². The summed E-state index contributed by atoms with van der Waals surface area (Å²) in [5.41, 5.74) is 12.3. The number of aromatic nitrogens is 2. The lowest BCUT2D eigenvalue weighted by atomic mass is 10.1. The fourth-order valence-electron chi connectivity index (χ4n) is 8.35. The number of nitrogens with one attached hydrogen (secondary N) is 1. The fourth-order valence-corrected chi connectivity index (χ4v) is 8.35. The van der Waals surface area contributed by atoms with Crippen molar-refractivity contribution in [1.29, 1.82) is 0 Å². The van der Waals surface area contributed by atoms with Gasteiger partial charge >= 0.3 is 0 Å². The Hall–Kier alpha value is -7.50. The summed E-state index contributed by atoms with van der Waals surface area (Å²) >= 11 is 0. The van der Waals surface area contributed by atoms with Gasteiger partial charge in [0.05, 0.1) is 22.1 Å². The number of benzene rings is 8. The molecule has 0 spiro atoms. The molecule has 0 fully saturated rings. The Morgan fingerprint density at radius 1 is 0.375 bits per heavy atom. The molecule has 264 valence electrons. The summed E-state index contributed by atoms with van der Waals surface area (Å²) < 4.78 is 4.82. The summed E-state index contributed by atoms with van der Waals surface area (Å²) in [6.45, 7) is 0. The van der Waals surface area contributed by atoms with Crippen molar-refractivity contribution in [2.75, 3.05) is 0 Å². The highest BCUT2D eigenvalue weighted by Crippen LogP contribution is 2.40. The highest BCUT2D eigenvalue weighted by molar-refractivity contribution is 6.19. The van der Waals surface area contributed by atoms with E-state index in [0.717, 1.165) is 50.5 Å². The fraction of sp³-hybridized carbons (Fsp3) is 0.0196. The zero-order chi connectivity index (χ0) is 37.0. The van der Waals surface area contributed by atoms with Gasteiger partial charge in [0, 0.05) is 44.0 Å². The second kappa shape index (κ2) is 13.1. The summed E-state index contributed by atoms with van der Waals surface area (Å²) in [5, 5.41) is 8.48. The van der Waals surface area contributed by atoms with Crippen molar-refractivity contribution in [3.63, 3.8) is 0 Å². The third kappa shape index (κ3) is 5.32. The van der Waals surface area contributed by atoms with Crippen molar-refractivity contribution in [3.8, 4) is 22.5 Å². The Morgan fingerprint density at radius 2 is 0.875 bits per heavy atom. The molecule has 0 saturated heterocycles. The van der Waals surface area contributed by atoms with E-state index >= 15 is 0 Å². The molecule has 1 N–H and O–H groups in total. The molecule has 1 aliphatic heterocycles. The second-order valence-corrected chi connectivity index (χ2v) is 14.3. The number of nitrogens with zero attached hydrogens (tertiary/aromatic N) is 4. The van der Waals surface area contributed by atoms with E-state index in [1.54, 1.807) is 0 Å². The molecule has 2 aromatic heterocycles. The van der Waals surface area contributed by atoms with E-state index in [1.165, 1.54) is 38.2 Å². The maximum absolute atomic E-state index is 5.19. The van der Waals surface area contributed by atoms with Gasteiger partial charge in [0.15, 0.2) is 5.84 Å². The molecule has 10 aromatic rings. The van der Waals surface area contributed by atoms with Gasteiger partial charge in [-0.1, -0.05) is 152 Å². The molecule has 0 radical (unpaired) electrons. The van der Waals surface area contributed by atoms with Crippen molar-refractivity contribution >= 4 is 55.3 Å². The highest BCUT2D eigenvalue weighted by atomic mass is 15.2. The van der Waals surface area contributed by atoms with Crippen LogP contribution in [0.3, 0.4) is 0 Å². The number of rotatable bonds is 6. The van der Waals surface area contributed by atoms with Crippen LogP contribution in [0.1, 0.15) is 22.9 Å². The van der Waals surface area contributed by atoms with Gasteiger partial charge in [-0.2, -0.15) is 0 Å². The summed E-state index contributed by atoms with van der Waals surface area (Å²) in [6, 6.07) is 71.1. The van der Waals surface area contributed by atoms with Crippen LogP contribution >= 0.6 is 0 Å². The monoisotopic (exact) mass is 717 g/mol. The predicted molar refractivity (Wildman–Crippen MR) is 232 cm³/mol. The number of para-hydroxylation sites is 2. The molecule has 0 amide bonds. The van der Waals surface area contributed by atoms with Crippen LogP contribution in [0.5, 0.6) is 0 Å². The average Bonchev–Trinajstić information content (AvgIpc) is 3.78. The Balaban J connectivity index is 1.12. The van der Waals surface area contributed by atoms with E-state index in [9.17, 15) is 0 Å². The van der Waals surface area contributed by atoms with Crippen LogP contribution in [-0.4, -0.2) is 20.8 Å². The van der Waals surface area contributed by atoms with Crippen LogP contribution in [0, 0.1) is 0 Å². The summed E-state index contributed by atoms with van der Waals surface area (Å²) in [6.07, 6.45) is -0.272. The zero-order valence-corrected chi connectivity index (χ0v) is 30.4. The Labute approximate surface area is 324 Å². The van der Waals surface area contributed by atoms with Crippen molar-refractivity contribution in [2.24, 2.45) is 9.98 Å². The highest BCUT2D eigenvalue weighted by Gasteiger charge is 2.23. The van der Waals surface area contributed by atoms with Gasteiger partial charge in [-0.25, -0.2) is 9.98 Å². The van der Waals surface area contributed by atoms with Gasteiger partial charge in [0.25, 0.3) is 0 Å². The number of amidine groups is 2. The molecule has 5 nitrogen and oxygen atoms in total. The molecule has 11 rings (SSSR count). The van der Waals surface area contributed by atoms with E-state index < -0.39 is 0 Å². The maximum atomic E-state index is 5.19. The molecule has 1 unspecified atom stereocenters. The number of fused-ring (bicyclic) bond motifs is 6. The van der Waals surface area contributed by atoms with Gasteiger partial charge in [-0.3, -0.25) is 0 Å². The minimum absolute atomic E-state index is 0.272. The molecule has 56 heavy (non-hydrogen) atoms. The lowest BCUT2D eigenvalue weighted by molar-refractivity contribution is 0.674. The predicted octanol–water partition coefficient (Wildman–Crippen LogP) is 12.0. The SMILES string of the molecule is c1ccc(C2=NC(c3cccc(-n4c5ccccc5c5cc6c7ccccc7n(-c7cccc(-c8ccccc8)c7)c6cc54)c3)=NC(c3ccccc3)N2)cc1. The molecular formula is C51H35N5. The average molecular weight is 718 g/mol. The minimum Gasteiger partial charge on any atom is -0.344 e. The molecule has 1 atom stereocenters. The first kappa shape index (κ1) is 32.0. The lowest BCUT2D eigenvalue weighted by Gasteiger charge is -2.23. The summed E-state index contributed by atoms with van der Waals surface area (Å²) in [4.78, 5) is 10.3. The largest absolute Gasteiger partial charge is 0.344 e. The van der Waals surface area contributed by atoms with Crippen LogP contribution < -0.4 is 5.32 Å². The van der Waals surface area contributed by atoms with Crippen LogP contribution in [0.4, 0.5) is 0 Å². The lowest BCUT2D eigenvalue weighted by Crippen LogP contribution is -2.33. The van der Waals surface area contributed by atoms with Crippen LogP contribution in [0.25, 0.3) is 66.1 Å². The van der Waals surface area contributed by atoms with Gasteiger partial charge < -0.3 is 14.5 Å². The molecule has 0 bridgehead atoms. The first-order valence-electron chi connectivity index (χ1n) is 19.0. The molecule has 0 aliphatic carbocycles. The minimum atomic E-state index is -0.272. The maximum Gasteiger partial charge on any atom is 0.159 e. The van der Waals surface area contributed by atoms with Gasteiger partial charge in [-0.15, -0.1) is 0 Å². The normalized spacial score (nSPS) is 14.2. The topological polar surface area (TPSA) is 46.6 Å². The quantitative estimate of drug-likeness (QED) is 0.183. The van der Waals surface area contributed by atoms with Crippen LogP contribution in [-0.2, 0) is 0 Å². The van der Waals surface area contributed by atoms with Crippen molar-refractivity contribution in [1.82, 2.24) is 14.5 Å². The van der Waals surface area contributed by atoms with Gasteiger partial charge in [0.2, 0.25) is 0 Å². The van der Waals surface area contributed by atoms with E-state index in [2.05, 4.69) is 190 Å². The van der Waals surface area contributed by atoms with E-state index in [4.69, 9.17) is 9.98 Å². The summed E-state index contributed by atoms with van der Waals surface area (Å²) in [7, 11) is 0. The Bertz CT molecular complexity index is 3150. The number of aliphatic imine (C=N–C) groups is 2. The number of hydrogen-bond acceptors (Lipinski definition) is 3. The number of hydrogen-bond donors (Lipinski definition) is 1. The first-order chi connectivity index (χ1) is 27.8. The Kier molecular flexibility index (Phi) is 7.49. The van der Waals surface area contributed by atoms with Crippen molar-refractivity contribution in [3.05, 3.63) is 217 Å². The van der Waals surface area contributed by atoms with E-state index in [-0.39, 0.29) is 6.17 Å². The molecule has 5 heteroatoms. The molecule has 8 aromatic carbocycles. The molecule has 0 saturated carbocycles. The van der Waals surface area contributed by atoms with Gasteiger partial charge in [-0.05, 0) is 65.2 Å². The smallest absolute Gasteiger partial charge is 0.159 e. The standard InChI is InChI=1S/C51H35N5/c1-4-16-34(17-5-1)37-22-14-24-39(30-37)55-45-28-12-10-26-41(45)43-32-44-42-27-11-13-29-46(42)56(48(44)33-47(43)55)40-25-15-23-38(31-40)51-53-49(35-18-6-2-7-19-35)52-50(54-51)36-20-8-3-9-21-36/h1-33,49H,(H,52,53,54). The third-order valence-corrected chi connectivity index (χ3v) is 10.9. The summed E-state index contributed by atoms with van der Waals surface area (Å²) in [5.74, 6) is 1.50. The van der Waals surface area contributed by atoms with Crippen molar-refractivity contribution in [2.45, 2.75) is 6.17 Å². The van der Waals surface area contributed by atoms with Gasteiger partial charge in [0.1, 0.15) is 12.0 Å². The molecule has 1 aliphatic rings. The van der Waals surface area contributed by atoms with Crippen molar-refractivity contribution < 1.29 is 0 Å². The Morgan fingerprint density at radius 3 is 1.50 bits per heavy atom. The molecular weight excluding hydrogens is 683 g/mol. The molecule has 3 heterocycles. The zero-order valence-electron chi connectivity index (χ0n) is 30.4. The second-order valence-electron chi connectivity index (χ2n) is 14.3. The third-order valence-electron chi connectivity index (χ3n) is 10.9. The first-order valence-corrected chi connectivity index (χ1v) is 19.0. The van der Waals surface area contributed by atoms with Crippen LogP contribution in [0.15, 0.2) is 210 Å². The van der Waals surface area contributed by atoms with E-state index in [1.807, 2.05) is 24.3 Å². The van der Waals surface area contributed by atoms with E-state index in [0.29, 0.717) is 5.84 Å².